The minimum atomic E-state index is -1.56. The lowest BCUT2D eigenvalue weighted by Gasteiger charge is -2.35. The highest BCUT2D eigenvalue weighted by molar-refractivity contribution is 5.95. The van der Waals surface area contributed by atoms with Gasteiger partial charge < -0.3 is 4.90 Å². The fourth-order valence-corrected chi connectivity index (χ4v) is 5.07. The first kappa shape index (κ1) is 19.0. The van der Waals surface area contributed by atoms with E-state index < -0.39 is 28.3 Å². The van der Waals surface area contributed by atoms with E-state index in [0.29, 0.717) is 5.56 Å². The summed E-state index contributed by atoms with van der Waals surface area (Å²) in [7, 11) is 0. The zero-order chi connectivity index (χ0) is 21.8. The molecule has 31 heavy (non-hydrogen) atoms. The Kier molecular flexibility index (Phi) is 4.16. The summed E-state index contributed by atoms with van der Waals surface area (Å²) in [6, 6.07) is 16.7. The van der Waals surface area contributed by atoms with Gasteiger partial charge in [0.2, 0.25) is 0 Å². The van der Waals surface area contributed by atoms with Gasteiger partial charge in [0.25, 0.3) is 5.69 Å². The molecule has 2 aromatic carbocycles. The first-order valence-electron chi connectivity index (χ1n) is 10.2. The van der Waals surface area contributed by atoms with E-state index in [1.54, 1.807) is 12.1 Å². The van der Waals surface area contributed by atoms with Gasteiger partial charge in [0.1, 0.15) is 0 Å². The Hall–Kier alpha value is -3.97. The third-order valence-electron chi connectivity index (χ3n) is 6.63. The van der Waals surface area contributed by atoms with Gasteiger partial charge in [0.15, 0.2) is 11.2 Å². The molecule has 0 aromatic heterocycles. The fraction of sp³-hybridized carbons (Fsp3) is 0.292. The molecular formula is C24H18N4O3. The molecule has 2 aliphatic heterocycles. The van der Waals surface area contributed by atoms with E-state index in [9.17, 15) is 25.4 Å². The van der Waals surface area contributed by atoms with Crippen molar-refractivity contribution in [2.45, 2.75) is 30.8 Å². The highest BCUT2D eigenvalue weighted by atomic mass is 16.6. The number of non-ortho nitro benzene ring substituents is 1. The van der Waals surface area contributed by atoms with Crippen molar-refractivity contribution < 1.29 is 9.72 Å². The number of hydrogen-bond donors (Lipinski definition) is 0. The Balaban J connectivity index is 1.77. The molecule has 152 valence electrons. The SMILES string of the molecule is N#CC1(C#N)[C@@H]2C=Cc3ccccc3N2[C@@H](C(=O)C2CC2)[C@@H]1c1cccc([N+](=O)[O-])c1. The molecule has 1 saturated heterocycles. The van der Waals surface area contributed by atoms with Crippen LogP contribution in [0.2, 0.25) is 0 Å². The molecule has 7 nitrogen and oxygen atoms in total. The van der Waals surface area contributed by atoms with Crippen molar-refractivity contribution in [1.82, 2.24) is 0 Å². The number of anilines is 1. The lowest BCUT2D eigenvalue weighted by molar-refractivity contribution is -0.384. The minimum Gasteiger partial charge on any atom is -0.351 e. The largest absolute Gasteiger partial charge is 0.351 e. The lowest BCUT2D eigenvalue weighted by atomic mass is 9.69. The van der Waals surface area contributed by atoms with Crippen molar-refractivity contribution in [3.8, 4) is 12.1 Å². The van der Waals surface area contributed by atoms with Gasteiger partial charge in [-0.05, 0) is 30.0 Å². The molecule has 0 radical (unpaired) electrons. The van der Waals surface area contributed by atoms with Crippen LogP contribution < -0.4 is 4.90 Å². The van der Waals surface area contributed by atoms with Crippen LogP contribution in [0.25, 0.3) is 6.08 Å². The number of nitriles is 2. The van der Waals surface area contributed by atoms with Crippen molar-refractivity contribution in [3.05, 3.63) is 75.8 Å². The van der Waals surface area contributed by atoms with Crippen LogP contribution in [0.15, 0.2) is 54.6 Å². The number of hydrogen-bond acceptors (Lipinski definition) is 6. The Morgan fingerprint density at radius 1 is 1.13 bits per heavy atom. The number of para-hydroxylation sites is 1. The average molecular weight is 410 g/mol. The van der Waals surface area contributed by atoms with Gasteiger partial charge in [-0.1, -0.05) is 42.5 Å². The molecule has 1 aliphatic carbocycles. The molecule has 0 spiro atoms. The zero-order valence-electron chi connectivity index (χ0n) is 16.5. The van der Waals surface area contributed by atoms with Crippen molar-refractivity contribution in [1.29, 1.82) is 10.5 Å². The number of carbonyl (C=O) groups excluding carboxylic acids is 1. The first-order chi connectivity index (χ1) is 15.0. The summed E-state index contributed by atoms with van der Waals surface area (Å²) in [6.45, 7) is 0. The number of carbonyl (C=O) groups is 1. The normalized spacial score (nSPS) is 25.1. The second-order valence-corrected chi connectivity index (χ2v) is 8.31. The Labute approximate surface area is 179 Å². The summed E-state index contributed by atoms with van der Waals surface area (Å²) in [4.78, 5) is 26.4. The maximum Gasteiger partial charge on any atom is 0.269 e. The van der Waals surface area contributed by atoms with Crippen LogP contribution in [0, 0.1) is 44.1 Å². The van der Waals surface area contributed by atoms with Gasteiger partial charge in [-0.2, -0.15) is 10.5 Å². The predicted octanol–water partition coefficient (Wildman–Crippen LogP) is 3.98. The van der Waals surface area contributed by atoms with Crippen LogP contribution in [-0.2, 0) is 4.79 Å². The summed E-state index contributed by atoms with van der Waals surface area (Å²) >= 11 is 0. The maximum atomic E-state index is 13.6. The molecule has 3 aliphatic rings. The van der Waals surface area contributed by atoms with E-state index in [2.05, 4.69) is 12.1 Å². The molecule has 2 heterocycles. The Morgan fingerprint density at radius 2 is 1.87 bits per heavy atom. The third-order valence-corrected chi connectivity index (χ3v) is 6.63. The molecule has 0 bridgehead atoms. The van der Waals surface area contributed by atoms with Gasteiger partial charge >= 0.3 is 0 Å². The highest BCUT2D eigenvalue weighted by Crippen LogP contribution is 2.56. The van der Waals surface area contributed by atoms with Gasteiger partial charge in [-0.3, -0.25) is 14.9 Å². The molecule has 2 aromatic rings. The summed E-state index contributed by atoms with van der Waals surface area (Å²) in [5, 5.41) is 32.0. The van der Waals surface area contributed by atoms with Crippen molar-refractivity contribution in [3.63, 3.8) is 0 Å². The quantitative estimate of drug-likeness (QED) is 0.557. The molecule has 2 fully saturated rings. The van der Waals surface area contributed by atoms with Crippen LogP contribution in [0.3, 0.4) is 0 Å². The van der Waals surface area contributed by atoms with Gasteiger partial charge in [-0.25, -0.2) is 0 Å². The van der Waals surface area contributed by atoms with E-state index in [0.717, 1.165) is 24.1 Å². The second kappa shape index (κ2) is 6.78. The highest BCUT2D eigenvalue weighted by Gasteiger charge is 2.64. The monoisotopic (exact) mass is 410 g/mol. The number of nitrogens with zero attached hydrogens (tertiary/aromatic N) is 4. The average Bonchev–Trinajstić information content (AvgIpc) is 3.60. The van der Waals surface area contributed by atoms with Crippen LogP contribution in [0.5, 0.6) is 0 Å². The van der Waals surface area contributed by atoms with Crippen molar-refractivity contribution in [2.24, 2.45) is 11.3 Å². The lowest BCUT2D eigenvalue weighted by Crippen LogP contribution is -2.44. The molecular weight excluding hydrogens is 392 g/mol. The number of nitro benzene ring substituents is 1. The molecule has 7 heteroatoms. The molecule has 5 rings (SSSR count). The predicted molar refractivity (Wildman–Crippen MR) is 113 cm³/mol. The van der Waals surface area contributed by atoms with E-state index in [1.165, 1.54) is 12.1 Å². The summed E-state index contributed by atoms with van der Waals surface area (Å²) in [5.41, 5.74) is 0.500. The Morgan fingerprint density at radius 3 is 2.55 bits per heavy atom. The molecule has 0 amide bonds. The van der Waals surface area contributed by atoms with Gasteiger partial charge in [-0.15, -0.1) is 0 Å². The number of benzene rings is 2. The van der Waals surface area contributed by atoms with E-state index in [1.807, 2.05) is 41.3 Å². The van der Waals surface area contributed by atoms with Gasteiger partial charge in [0.05, 0.1) is 29.1 Å². The molecule has 3 atom stereocenters. The number of Topliss-reactive ketones (excluding diaryl/α,β-unsaturated/α-hetero) is 1. The van der Waals surface area contributed by atoms with Crippen LogP contribution in [-0.4, -0.2) is 22.8 Å². The number of nitro groups is 1. The second-order valence-electron chi connectivity index (χ2n) is 8.31. The van der Waals surface area contributed by atoms with E-state index in [-0.39, 0.29) is 17.4 Å². The first-order valence-corrected chi connectivity index (χ1v) is 10.2. The van der Waals surface area contributed by atoms with E-state index in [4.69, 9.17) is 0 Å². The van der Waals surface area contributed by atoms with Gasteiger partial charge in [0, 0.05) is 29.7 Å². The molecule has 0 unspecified atom stereocenters. The Bertz CT molecular complexity index is 1200. The smallest absolute Gasteiger partial charge is 0.269 e. The van der Waals surface area contributed by atoms with Crippen LogP contribution >= 0.6 is 0 Å². The van der Waals surface area contributed by atoms with E-state index >= 15 is 0 Å². The standard InChI is InChI=1S/C24H18N4O3/c25-13-24(14-26)20-11-10-15-4-1-2-7-19(15)27(20)22(23(29)16-8-9-16)21(24)17-5-3-6-18(12-17)28(30)31/h1-7,10-12,16,20-22H,8-9H2/t20-,21-,22+/m0/s1. The summed E-state index contributed by atoms with van der Waals surface area (Å²) in [5.74, 6) is -0.909. The topological polar surface area (TPSA) is 111 Å². The maximum absolute atomic E-state index is 13.6. The van der Waals surface area contributed by atoms with Crippen LogP contribution in [0.4, 0.5) is 11.4 Å². The number of ketones is 1. The van der Waals surface area contributed by atoms with Crippen LogP contribution in [0.1, 0.15) is 29.9 Å². The summed E-state index contributed by atoms with van der Waals surface area (Å²) < 4.78 is 0. The fourth-order valence-electron chi connectivity index (χ4n) is 5.07. The van der Waals surface area contributed by atoms with Crippen molar-refractivity contribution in [2.75, 3.05) is 4.90 Å². The molecule has 1 saturated carbocycles. The minimum absolute atomic E-state index is 0.000941. The van der Waals surface area contributed by atoms with Crippen molar-refractivity contribution >= 4 is 23.2 Å². The third kappa shape index (κ3) is 2.67. The molecule has 0 N–H and O–H groups in total. The summed E-state index contributed by atoms with van der Waals surface area (Å²) in [6.07, 6.45) is 5.28. The number of rotatable bonds is 4. The zero-order valence-corrected chi connectivity index (χ0v) is 16.5. The number of fused-ring (bicyclic) bond motifs is 3.